The van der Waals surface area contributed by atoms with E-state index in [2.05, 4.69) is 20.9 Å². The Kier molecular flexibility index (Phi) is 10.8. The Morgan fingerprint density at radius 2 is 1.61 bits per heavy atom. The molecule has 0 radical (unpaired) electrons. The zero-order chi connectivity index (χ0) is 31.7. The second-order valence-electron chi connectivity index (χ2n) is 8.66. The summed E-state index contributed by atoms with van der Waals surface area (Å²) in [5.41, 5.74) is -8.45. The van der Waals surface area contributed by atoms with E-state index in [1.807, 2.05) is 0 Å². The van der Waals surface area contributed by atoms with Crippen molar-refractivity contribution in [2.75, 3.05) is 18.1 Å². The van der Waals surface area contributed by atoms with Crippen LogP contribution in [0.3, 0.4) is 0 Å². The second-order valence-corrected chi connectivity index (χ2v) is 9.83. The summed E-state index contributed by atoms with van der Waals surface area (Å²) in [4.78, 5) is 29.6. The number of alkyl halides is 9. The van der Waals surface area contributed by atoms with Gasteiger partial charge in [0, 0.05) is 13.2 Å². The van der Waals surface area contributed by atoms with Crippen LogP contribution in [0.1, 0.15) is 44.5 Å². The molecule has 0 fully saturated rings. The number of carbonyl (C=O) groups is 1. The van der Waals surface area contributed by atoms with Crippen molar-refractivity contribution in [3.05, 3.63) is 48.8 Å². The van der Waals surface area contributed by atoms with E-state index in [1.54, 1.807) is 0 Å². The van der Waals surface area contributed by atoms with Crippen LogP contribution in [0.25, 0.3) is 0 Å². The molecule has 0 saturated carbocycles. The Bertz CT molecular complexity index is 1330. The number of hydrogen-bond acceptors (Lipinski definition) is 6. The van der Waals surface area contributed by atoms with Gasteiger partial charge >= 0.3 is 24.5 Å². The highest BCUT2D eigenvalue weighted by Gasteiger charge is 2.44. The number of nitrogens with zero attached hydrogens (tertiary/aromatic N) is 3. The van der Waals surface area contributed by atoms with Crippen LogP contribution in [0.5, 0.6) is 0 Å². The van der Waals surface area contributed by atoms with Gasteiger partial charge in [-0.1, -0.05) is 25.4 Å². The van der Waals surface area contributed by atoms with Crippen LogP contribution in [0.2, 0.25) is 5.02 Å². The molecule has 2 aromatic rings. The van der Waals surface area contributed by atoms with E-state index in [0.29, 0.717) is 4.57 Å². The van der Waals surface area contributed by atoms with Gasteiger partial charge in [0.15, 0.2) is 5.69 Å². The summed E-state index contributed by atoms with van der Waals surface area (Å²) in [6, 6.07) is -0.0955. The number of aromatic nitrogens is 2. The van der Waals surface area contributed by atoms with E-state index in [1.165, 1.54) is 27.7 Å². The Labute approximate surface area is 240 Å². The monoisotopic (exact) mass is 689 g/mol. The van der Waals surface area contributed by atoms with E-state index in [-0.39, 0.29) is 23.6 Å². The lowest BCUT2D eigenvalue weighted by atomic mass is 10.1. The molecule has 0 saturated heterocycles. The van der Waals surface area contributed by atoms with Gasteiger partial charge in [0.2, 0.25) is 12.2 Å². The zero-order valence-corrected chi connectivity index (χ0v) is 23.9. The Hall–Kier alpha value is -2.53. The average Bonchev–Trinajstić information content (AvgIpc) is 2.81. The van der Waals surface area contributed by atoms with Crippen molar-refractivity contribution in [2.45, 2.75) is 59.0 Å². The van der Waals surface area contributed by atoms with Crippen LogP contribution >= 0.6 is 27.5 Å². The quantitative estimate of drug-likeness (QED) is 0.155. The molecule has 0 aliphatic heterocycles. The molecule has 1 aromatic heterocycles. The Balaban J connectivity index is 3.27. The van der Waals surface area contributed by atoms with Gasteiger partial charge in [-0.05, 0) is 47.8 Å². The molecular weight excluding hydrogens is 669 g/mol. The van der Waals surface area contributed by atoms with Crippen LogP contribution in [0.15, 0.2) is 21.4 Å². The summed E-state index contributed by atoms with van der Waals surface area (Å²) in [6.07, 6.45) is -18.5. The van der Waals surface area contributed by atoms with Crippen molar-refractivity contribution >= 4 is 45.1 Å². The molecule has 1 unspecified atom stereocenters. The van der Waals surface area contributed by atoms with Crippen molar-refractivity contribution < 1.29 is 53.8 Å². The van der Waals surface area contributed by atoms with Crippen LogP contribution in [0.4, 0.5) is 51.1 Å². The first kappa shape index (κ1) is 34.7. The van der Waals surface area contributed by atoms with Gasteiger partial charge in [-0.2, -0.15) is 39.5 Å². The van der Waals surface area contributed by atoms with Gasteiger partial charge in [0.1, 0.15) is 5.02 Å². The highest BCUT2D eigenvalue weighted by Crippen LogP contribution is 2.46. The van der Waals surface area contributed by atoms with Gasteiger partial charge in [-0.15, -0.1) is 0 Å². The molecule has 230 valence electrons. The molecule has 0 aliphatic carbocycles. The molecular formula is C23H22BrClF9N3O4. The largest absolute Gasteiger partial charge is 0.463 e. The number of halogens is 11. The predicted octanol–water partition coefficient (Wildman–Crippen LogP) is 7.44. The molecule has 18 heteroatoms. The lowest BCUT2D eigenvalue weighted by Crippen LogP contribution is -2.45. The smallest absolute Gasteiger partial charge is 0.435 e. The van der Waals surface area contributed by atoms with Crippen molar-refractivity contribution in [3.8, 4) is 0 Å². The summed E-state index contributed by atoms with van der Waals surface area (Å²) >= 11 is 8.27. The number of hydrogen-bond donors (Lipinski definition) is 0. The number of esters is 1. The molecule has 0 N–H and O–H groups in total. The van der Waals surface area contributed by atoms with Crippen molar-refractivity contribution in [2.24, 2.45) is 5.92 Å². The molecule has 41 heavy (non-hydrogen) atoms. The highest BCUT2D eigenvalue weighted by atomic mass is 79.9. The molecule has 7 nitrogen and oxygen atoms in total. The third kappa shape index (κ3) is 7.85. The minimum Gasteiger partial charge on any atom is -0.463 e. The summed E-state index contributed by atoms with van der Waals surface area (Å²) < 4.78 is 134. The fraction of sp³-hybridized carbons (Fsp3) is 0.522. The molecule has 1 heterocycles. The lowest BCUT2D eigenvalue weighted by molar-refractivity contribution is -0.155. The third-order valence-corrected chi connectivity index (χ3v) is 6.29. The SMILES string of the molecule is CCOC(=O)C(OCC)N(c1cc(C(F)(F)F)cc(C(F)(F)F)c1Br)c1nc(C(F)(F)F)c(Cl)c(=O)n1CC(C)C. The number of rotatable bonds is 9. The van der Waals surface area contributed by atoms with E-state index in [0.717, 1.165) is 0 Å². The lowest BCUT2D eigenvalue weighted by Gasteiger charge is -2.34. The molecule has 0 aliphatic rings. The van der Waals surface area contributed by atoms with Gasteiger partial charge < -0.3 is 9.47 Å². The van der Waals surface area contributed by atoms with Crippen LogP contribution in [0, 0.1) is 5.92 Å². The van der Waals surface area contributed by atoms with Gasteiger partial charge in [-0.3, -0.25) is 14.3 Å². The fourth-order valence-corrected chi connectivity index (χ4v) is 4.43. The Morgan fingerprint density at radius 3 is 2.05 bits per heavy atom. The fourth-order valence-electron chi connectivity index (χ4n) is 3.53. The van der Waals surface area contributed by atoms with E-state index >= 15 is 0 Å². The molecule has 0 amide bonds. The third-order valence-electron chi connectivity index (χ3n) is 5.12. The molecule has 0 bridgehead atoms. The normalized spacial score (nSPS) is 13.5. The average molecular weight is 691 g/mol. The second kappa shape index (κ2) is 12.8. The van der Waals surface area contributed by atoms with E-state index in [9.17, 15) is 49.1 Å². The number of anilines is 2. The van der Waals surface area contributed by atoms with Crippen LogP contribution in [-0.4, -0.2) is 35.0 Å². The molecule has 1 atom stereocenters. The minimum absolute atomic E-state index is 0.137. The minimum atomic E-state index is -5.42. The number of ether oxygens (including phenoxy) is 2. The molecule has 0 spiro atoms. The van der Waals surface area contributed by atoms with Crippen LogP contribution < -0.4 is 10.5 Å². The van der Waals surface area contributed by atoms with Gasteiger partial charge in [0.05, 0.1) is 27.9 Å². The van der Waals surface area contributed by atoms with Crippen molar-refractivity contribution in [3.63, 3.8) is 0 Å². The summed E-state index contributed by atoms with van der Waals surface area (Å²) in [7, 11) is 0. The summed E-state index contributed by atoms with van der Waals surface area (Å²) in [5, 5.41) is -1.41. The summed E-state index contributed by atoms with van der Waals surface area (Å²) in [5.74, 6) is -3.15. The van der Waals surface area contributed by atoms with Crippen molar-refractivity contribution in [1.82, 2.24) is 9.55 Å². The maximum absolute atomic E-state index is 13.9. The van der Waals surface area contributed by atoms with Gasteiger partial charge in [0.25, 0.3) is 5.56 Å². The zero-order valence-electron chi connectivity index (χ0n) is 21.6. The molecule has 2 rings (SSSR count). The Morgan fingerprint density at radius 1 is 1.02 bits per heavy atom. The standard InChI is InChI=1S/C23H22BrClF9N3O4/c1-5-40-18(19(39)41-6-2)37(13-8-11(21(26,27)28)7-12(14(13)24)22(29,30)31)20-35-16(23(32,33)34)15(25)17(38)36(20)9-10(3)4/h7-8,10,18H,5-6,9H2,1-4H3. The van der Waals surface area contributed by atoms with E-state index < -0.39 is 93.3 Å². The molecule has 1 aromatic carbocycles. The first-order valence-corrected chi connectivity index (χ1v) is 12.8. The first-order chi connectivity index (χ1) is 18.7. The summed E-state index contributed by atoms with van der Waals surface area (Å²) in [6.45, 7) is 4.32. The topological polar surface area (TPSA) is 73.7 Å². The van der Waals surface area contributed by atoms with Gasteiger partial charge in [-0.25, -0.2) is 9.78 Å². The van der Waals surface area contributed by atoms with Crippen LogP contribution in [-0.2, 0) is 39.3 Å². The predicted molar refractivity (Wildman–Crippen MR) is 132 cm³/mol. The first-order valence-electron chi connectivity index (χ1n) is 11.6. The van der Waals surface area contributed by atoms with Crippen molar-refractivity contribution in [1.29, 1.82) is 0 Å². The highest BCUT2D eigenvalue weighted by molar-refractivity contribution is 9.10. The number of carbonyl (C=O) groups excluding carboxylic acids is 1. The maximum atomic E-state index is 13.9. The maximum Gasteiger partial charge on any atom is 0.435 e. The number of benzene rings is 1. The van der Waals surface area contributed by atoms with E-state index in [4.69, 9.17) is 21.1 Å².